The second-order valence-corrected chi connectivity index (χ2v) is 10.8. The van der Waals surface area contributed by atoms with Crippen LogP contribution in [-0.2, 0) is 28.2 Å². The van der Waals surface area contributed by atoms with E-state index in [9.17, 15) is 9.59 Å². The number of fused-ring (bicyclic) bond motifs is 2. The molecule has 0 spiro atoms. The van der Waals surface area contributed by atoms with Gasteiger partial charge < -0.3 is 19.9 Å². The molecule has 2 aliphatic rings. The summed E-state index contributed by atoms with van der Waals surface area (Å²) in [6, 6.07) is 7.97. The third-order valence-electron chi connectivity index (χ3n) is 6.43. The van der Waals surface area contributed by atoms with Crippen LogP contribution in [-0.4, -0.2) is 54.1 Å². The number of likely N-dealkylation sites (N-methyl/N-ethyl adjacent to an activating group) is 1. The highest BCUT2D eigenvalue weighted by molar-refractivity contribution is 8.00. The van der Waals surface area contributed by atoms with E-state index < -0.39 is 5.66 Å². The van der Waals surface area contributed by atoms with E-state index in [-0.39, 0.29) is 24.2 Å². The number of anilines is 1. The minimum atomic E-state index is -0.812. The van der Waals surface area contributed by atoms with Crippen molar-refractivity contribution in [3.63, 3.8) is 0 Å². The van der Waals surface area contributed by atoms with Crippen molar-refractivity contribution in [1.29, 1.82) is 0 Å². The van der Waals surface area contributed by atoms with Crippen molar-refractivity contribution in [1.82, 2.24) is 9.88 Å². The Kier molecular flexibility index (Phi) is 6.96. The van der Waals surface area contributed by atoms with Gasteiger partial charge in [0.1, 0.15) is 11.3 Å². The van der Waals surface area contributed by atoms with E-state index >= 15 is 0 Å². The van der Waals surface area contributed by atoms with Gasteiger partial charge in [-0.2, -0.15) is 5.11 Å². The van der Waals surface area contributed by atoms with Gasteiger partial charge in [0.25, 0.3) is 0 Å². The summed E-state index contributed by atoms with van der Waals surface area (Å²) in [4.78, 5) is 38.2. The number of ether oxygens (including phenoxy) is 1. The number of rotatable bonds is 8. The van der Waals surface area contributed by atoms with E-state index in [2.05, 4.69) is 37.5 Å². The van der Waals surface area contributed by atoms with Crippen LogP contribution < -0.4 is 5.32 Å². The van der Waals surface area contributed by atoms with Crippen LogP contribution in [0.4, 0.5) is 5.00 Å². The van der Waals surface area contributed by atoms with Crippen molar-refractivity contribution in [2.24, 2.45) is 15.2 Å². The first-order valence-corrected chi connectivity index (χ1v) is 13.8. The Morgan fingerprint density at radius 3 is 2.89 bits per heavy atom. The molecule has 0 fully saturated rings. The first-order valence-electron chi connectivity index (χ1n) is 12.0. The summed E-state index contributed by atoms with van der Waals surface area (Å²) in [6.07, 6.45) is 2.87. The number of hydrogen-bond acceptors (Lipinski definition) is 9. The van der Waals surface area contributed by atoms with Crippen LogP contribution in [0.25, 0.3) is 10.9 Å². The van der Waals surface area contributed by atoms with Crippen molar-refractivity contribution in [2.45, 2.75) is 43.8 Å². The Balaban J connectivity index is 1.41. The molecule has 3 aromatic rings. The average molecular weight is 525 g/mol. The van der Waals surface area contributed by atoms with Crippen molar-refractivity contribution in [2.75, 3.05) is 31.3 Å². The number of aromatic amines is 1. The van der Waals surface area contributed by atoms with Gasteiger partial charge >= 0.3 is 5.97 Å². The molecule has 5 rings (SSSR count). The minimum absolute atomic E-state index is 0.167. The summed E-state index contributed by atoms with van der Waals surface area (Å²) in [5.74, 6) is -0.396. The Labute approximate surface area is 217 Å². The predicted molar refractivity (Wildman–Crippen MR) is 143 cm³/mol. The number of nitrogens with zero attached hydrogens (tertiary/aromatic N) is 4. The van der Waals surface area contributed by atoms with Crippen molar-refractivity contribution < 1.29 is 14.3 Å². The Morgan fingerprint density at radius 2 is 2.14 bits per heavy atom. The monoisotopic (exact) mass is 524 g/mol. The second-order valence-electron chi connectivity index (χ2n) is 8.76. The quantitative estimate of drug-likeness (QED) is 0.311. The number of thiophene rings is 1. The van der Waals surface area contributed by atoms with Crippen molar-refractivity contribution >= 4 is 57.2 Å². The minimum Gasteiger partial charge on any atom is -0.462 e. The maximum absolute atomic E-state index is 13.2. The molecule has 0 saturated heterocycles. The second kappa shape index (κ2) is 10.2. The maximum Gasteiger partial charge on any atom is 0.341 e. The van der Waals surface area contributed by atoms with Gasteiger partial charge in [0.05, 0.1) is 23.6 Å². The summed E-state index contributed by atoms with van der Waals surface area (Å²) >= 11 is 2.90. The standard InChI is InChI=1S/C25H28N6O3S2/c1-4-25(26-14-27-30-25)22-21(15-8-6-7-9-17(15)28-22)35-13-19(32)29-23-20(24(33)34-5-2)16-10-11-31(3)12-18(16)36-23/h6-9,14,28H,4-5,10-13H2,1-3H3,(H,29,32). The maximum atomic E-state index is 13.2. The molecule has 11 heteroatoms. The fourth-order valence-corrected chi connectivity index (χ4v) is 6.98. The van der Waals surface area contributed by atoms with Crippen molar-refractivity contribution in [3.8, 4) is 0 Å². The predicted octanol–water partition coefficient (Wildman–Crippen LogP) is 5.18. The summed E-state index contributed by atoms with van der Waals surface area (Å²) in [5.41, 5.74) is 2.48. The number of benzene rings is 1. The molecule has 36 heavy (non-hydrogen) atoms. The highest BCUT2D eigenvalue weighted by atomic mass is 32.2. The summed E-state index contributed by atoms with van der Waals surface area (Å²) in [6.45, 7) is 5.71. The first-order chi connectivity index (χ1) is 17.5. The lowest BCUT2D eigenvalue weighted by molar-refractivity contribution is -0.113. The zero-order valence-corrected chi connectivity index (χ0v) is 22.1. The number of carbonyl (C=O) groups excluding carboxylic acids is 2. The fraction of sp³-hybridized carbons (Fsp3) is 0.400. The smallest absolute Gasteiger partial charge is 0.341 e. The number of aliphatic imine (C=N–C) groups is 1. The van der Waals surface area contributed by atoms with Crippen LogP contribution in [0.1, 0.15) is 46.8 Å². The molecule has 0 bridgehead atoms. The van der Waals surface area contributed by atoms with Gasteiger partial charge in [-0.1, -0.05) is 25.1 Å². The van der Waals surface area contributed by atoms with Crippen molar-refractivity contribution in [3.05, 3.63) is 46.0 Å². The molecule has 2 aliphatic heterocycles. The SMILES string of the molecule is CCOC(=O)c1c(NC(=O)CSc2c(C3(CC)N=CN=N3)[nH]c3ccccc23)sc2c1CCN(C)C2. The van der Waals surface area contributed by atoms with Gasteiger partial charge in [-0.15, -0.1) is 28.2 Å². The molecule has 1 atom stereocenters. The third-order valence-corrected chi connectivity index (χ3v) is 8.68. The lowest BCUT2D eigenvalue weighted by atomic mass is 10.0. The number of aromatic nitrogens is 1. The average Bonchev–Trinajstić information content (AvgIpc) is 3.58. The number of amides is 1. The van der Waals surface area contributed by atoms with Gasteiger partial charge in [0.15, 0.2) is 0 Å². The normalized spacial score (nSPS) is 19.1. The molecular weight excluding hydrogens is 496 g/mol. The van der Waals surface area contributed by atoms with Crippen LogP contribution in [0, 0.1) is 0 Å². The number of nitrogens with one attached hydrogen (secondary N) is 2. The van der Waals surface area contributed by atoms with E-state index in [0.717, 1.165) is 51.4 Å². The number of thioether (sulfide) groups is 1. The van der Waals surface area contributed by atoms with Gasteiger partial charge in [-0.3, -0.25) is 4.79 Å². The molecule has 2 aromatic heterocycles. The molecule has 4 heterocycles. The number of para-hydroxylation sites is 1. The van der Waals surface area contributed by atoms with Crippen LogP contribution in [0.3, 0.4) is 0 Å². The van der Waals surface area contributed by atoms with Crippen LogP contribution in [0.5, 0.6) is 0 Å². The van der Waals surface area contributed by atoms with Gasteiger partial charge in [-0.25, -0.2) is 9.79 Å². The Bertz CT molecular complexity index is 1360. The van der Waals surface area contributed by atoms with E-state index in [0.29, 0.717) is 17.0 Å². The molecule has 188 valence electrons. The van der Waals surface area contributed by atoms with Crippen LogP contribution in [0.2, 0.25) is 0 Å². The van der Waals surface area contributed by atoms with Crippen LogP contribution >= 0.6 is 23.1 Å². The molecule has 1 unspecified atom stereocenters. The summed E-state index contributed by atoms with van der Waals surface area (Å²) < 4.78 is 5.33. The fourth-order valence-electron chi connectivity index (χ4n) is 4.61. The zero-order valence-electron chi connectivity index (χ0n) is 20.5. The number of esters is 1. The van der Waals surface area contributed by atoms with E-state index in [1.165, 1.54) is 29.4 Å². The van der Waals surface area contributed by atoms with Gasteiger partial charge in [0, 0.05) is 33.8 Å². The Hall–Kier alpha value is -3.02. The molecular formula is C25H28N6O3S2. The van der Waals surface area contributed by atoms with E-state index in [1.807, 2.05) is 31.2 Å². The molecule has 0 saturated carbocycles. The molecule has 2 N–H and O–H groups in total. The first kappa shape index (κ1) is 24.7. The molecule has 9 nitrogen and oxygen atoms in total. The topological polar surface area (TPSA) is 112 Å². The lowest BCUT2D eigenvalue weighted by Gasteiger charge is -2.22. The largest absolute Gasteiger partial charge is 0.462 e. The molecule has 0 radical (unpaired) electrons. The lowest BCUT2D eigenvalue weighted by Crippen LogP contribution is -2.26. The van der Waals surface area contributed by atoms with Gasteiger partial charge in [-0.05, 0) is 38.4 Å². The van der Waals surface area contributed by atoms with E-state index in [4.69, 9.17) is 4.74 Å². The third kappa shape index (κ3) is 4.46. The summed E-state index contributed by atoms with van der Waals surface area (Å²) in [7, 11) is 2.05. The molecule has 1 aromatic carbocycles. The zero-order chi connectivity index (χ0) is 25.3. The summed E-state index contributed by atoms with van der Waals surface area (Å²) in [5, 5.41) is 13.0. The number of carbonyl (C=O) groups is 2. The highest BCUT2D eigenvalue weighted by Gasteiger charge is 2.37. The Morgan fingerprint density at radius 1 is 1.31 bits per heavy atom. The number of azo groups is 1. The number of hydrogen-bond donors (Lipinski definition) is 2. The van der Waals surface area contributed by atoms with Gasteiger partial charge in [0.2, 0.25) is 11.6 Å². The molecule has 1 amide bonds. The number of H-pyrrole nitrogens is 1. The molecule has 0 aliphatic carbocycles. The highest BCUT2D eigenvalue weighted by Crippen LogP contribution is 2.43. The van der Waals surface area contributed by atoms with E-state index in [1.54, 1.807) is 6.92 Å². The van der Waals surface area contributed by atoms with Crippen LogP contribution in [0.15, 0.2) is 44.4 Å².